The number of nitrogens with two attached hydrogens (primary N) is 2. The molecule has 2 atom stereocenters. The number of rotatable bonds is 4. The third-order valence-electron chi connectivity index (χ3n) is 2.17. The van der Waals surface area contributed by atoms with E-state index in [4.69, 9.17) is 11.5 Å². The molecule has 0 saturated carbocycles. The van der Waals surface area contributed by atoms with Crippen LogP contribution in [0, 0.1) is 0 Å². The molecule has 88 valence electrons. The molecule has 1 aromatic carbocycles. The second kappa shape index (κ2) is 4.82. The summed E-state index contributed by atoms with van der Waals surface area (Å²) in [6.07, 6.45) is -2.95. The summed E-state index contributed by atoms with van der Waals surface area (Å²) in [6, 6.07) is 4.07. The molecule has 0 fully saturated rings. The van der Waals surface area contributed by atoms with Crippen LogP contribution in [0.3, 0.4) is 0 Å². The highest BCUT2D eigenvalue weighted by Gasteiger charge is 2.20. The fourth-order valence-electron chi connectivity index (χ4n) is 1.28. The molecule has 0 bridgehead atoms. The number of carbonyl (C=O) groups is 1. The first-order chi connectivity index (χ1) is 7.41. The first kappa shape index (κ1) is 12.3. The molecule has 7 N–H and O–H groups in total. The molecular weight excluding hydrogens is 212 g/mol. The van der Waals surface area contributed by atoms with Gasteiger partial charge in [-0.25, -0.2) is 0 Å². The third kappa shape index (κ3) is 2.85. The van der Waals surface area contributed by atoms with Crippen LogP contribution in [0.1, 0.15) is 18.1 Å². The lowest BCUT2D eigenvalue weighted by atomic mass is 10.0. The smallest absolute Gasteiger partial charge is 0.220 e. The summed E-state index contributed by atoms with van der Waals surface area (Å²) < 4.78 is 0. The largest absolute Gasteiger partial charge is 0.506 e. The van der Waals surface area contributed by atoms with Gasteiger partial charge in [-0.2, -0.15) is 0 Å². The highest BCUT2D eigenvalue weighted by Crippen LogP contribution is 2.26. The maximum Gasteiger partial charge on any atom is 0.220 e. The molecule has 1 rings (SSSR count). The summed E-state index contributed by atoms with van der Waals surface area (Å²) in [5.74, 6) is -0.908. The van der Waals surface area contributed by atoms with Gasteiger partial charge in [0.1, 0.15) is 11.9 Å². The van der Waals surface area contributed by atoms with Crippen LogP contribution in [0.25, 0.3) is 0 Å². The molecule has 0 aliphatic carbocycles. The van der Waals surface area contributed by atoms with E-state index in [-0.39, 0.29) is 23.4 Å². The van der Waals surface area contributed by atoms with Gasteiger partial charge < -0.3 is 26.8 Å². The predicted molar refractivity (Wildman–Crippen MR) is 57.3 cm³/mol. The van der Waals surface area contributed by atoms with Gasteiger partial charge in [0, 0.05) is 0 Å². The van der Waals surface area contributed by atoms with Gasteiger partial charge in [0.25, 0.3) is 0 Å². The first-order valence-electron chi connectivity index (χ1n) is 4.64. The van der Waals surface area contributed by atoms with Crippen molar-refractivity contribution in [2.75, 3.05) is 5.73 Å². The van der Waals surface area contributed by atoms with Gasteiger partial charge in [-0.3, -0.25) is 4.79 Å². The minimum atomic E-state index is -1.31. The molecule has 0 aliphatic rings. The van der Waals surface area contributed by atoms with Crippen molar-refractivity contribution in [3.05, 3.63) is 23.8 Å². The van der Waals surface area contributed by atoms with Gasteiger partial charge in [-0.1, -0.05) is 6.07 Å². The Labute approximate surface area is 92.1 Å². The Bertz CT molecular complexity index is 394. The lowest BCUT2D eigenvalue weighted by Gasteiger charge is -2.17. The summed E-state index contributed by atoms with van der Waals surface area (Å²) in [7, 11) is 0. The zero-order valence-electron chi connectivity index (χ0n) is 8.50. The van der Waals surface area contributed by atoms with E-state index < -0.39 is 18.1 Å². The fourth-order valence-corrected chi connectivity index (χ4v) is 1.28. The van der Waals surface area contributed by atoms with Crippen molar-refractivity contribution in [3.63, 3.8) is 0 Å². The van der Waals surface area contributed by atoms with Crippen LogP contribution < -0.4 is 11.5 Å². The van der Waals surface area contributed by atoms with Crippen LogP contribution in [0.2, 0.25) is 0 Å². The highest BCUT2D eigenvalue weighted by atomic mass is 16.3. The van der Waals surface area contributed by atoms with Crippen molar-refractivity contribution >= 4 is 11.6 Å². The van der Waals surface area contributed by atoms with Gasteiger partial charge in [0.05, 0.1) is 18.2 Å². The van der Waals surface area contributed by atoms with E-state index in [9.17, 15) is 20.1 Å². The van der Waals surface area contributed by atoms with Gasteiger partial charge in [0.2, 0.25) is 5.91 Å². The van der Waals surface area contributed by atoms with Crippen molar-refractivity contribution in [3.8, 4) is 5.75 Å². The maximum absolute atomic E-state index is 10.5. The number of aliphatic hydroxyl groups excluding tert-OH is 2. The van der Waals surface area contributed by atoms with E-state index in [0.717, 1.165) is 0 Å². The number of hydrogen-bond acceptors (Lipinski definition) is 5. The van der Waals surface area contributed by atoms with Crippen LogP contribution in [-0.2, 0) is 4.79 Å². The predicted octanol–water partition coefficient (Wildman–Crippen LogP) is -0.756. The molecule has 0 aliphatic heterocycles. The second-order valence-electron chi connectivity index (χ2n) is 3.50. The normalized spacial score (nSPS) is 14.4. The van der Waals surface area contributed by atoms with Gasteiger partial charge in [-0.15, -0.1) is 0 Å². The van der Waals surface area contributed by atoms with E-state index in [2.05, 4.69) is 0 Å². The molecular formula is C10H14N2O4. The Balaban J connectivity index is 2.83. The van der Waals surface area contributed by atoms with Gasteiger partial charge in [-0.05, 0) is 17.7 Å². The van der Waals surface area contributed by atoms with Crippen molar-refractivity contribution in [2.45, 2.75) is 18.6 Å². The van der Waals surface area contributed by atoms with Gasteiger partial charge in [0.15, 0.2) is 0 Å². The van der Waals surface area contributed by atoms with E-state index in [1.165, 1.54) is 18.2 Å². The molecule has 0 heterocycles. The zero-order valence-corrected chi connectivity index (χ0v) is 8.50. The number of amides is 1. The number of primary amides is 1. The van der Waals surface area contributed by atoms with Crippen molar-refractivity contribution in [1.29, 1.82) is 0 Å². The Morgan fingerprint density at radius 2 is 2.00 bits per heavy atom. The molecule has 0 saturated heterocycles. The number of phenolic OH excluding ortho intramolecular Hbond substituents is 1. The summed E-state index contributed by atoms with van der Waals surface area (Å²) in [4.78, 5) is 10.5. The molecule has 6 heteroatoms. The number of phenols is 1. The van der Waals surface area contributed by atoms with Crippen LogP contribution >= 0.6 is 0 Å². The van der Waals surface area contributed by atoms with E-state index in [0.29, 0.717) is 0 Å². The summed E-state index contributed by atoms with van der Waals surface area (Å²) in [5, 5.41) is 28.4. The number of benzene rings is 1. The molecule has 1 amide bonds. The molecule has 0 aromatic heterocycles. The Morgan fingerprint density at radius 1 is 1.38 bits per heavy atom. The quantitative estimate of drug-likeness (QED) is 0.340. The molecule has 2 unspecified atom stereocenters. The number of aromatic hydroxyl groups is 1. The third-order valence-corrected chi connectivity index (χ3v) is 2.17. The van der Waals surface area contributed by atoms with Crippen LogP contribution in [0.15, 0.2) is 18.2 Å². The lowest BCUT2D eigenvalue weighted by Crippen LogP contribution is -2.25. The molecule has 0 spiro atoms. The standard InChI is InChI=1S/C10H14N2O4/c11-6-2-1-5(3-7(6)13)10(16)8(14)4-9(12)15/h1-3,8,10,13-14,16H,4,11H2,(H2,12,15). The van der Waals surface area contributed by atoms with Crippen molar-refractivity contribution < 1.29 is 20.1 Å². The lowest BCUT2D eigenvalue weighted by molar-refractivity contribution is -0.121. The SMILES string of the molecule is NC(=O)CC(O)C(O)c1ccc(N)c(O)c1. The molecule has 1 aromatic rings. The Hall–Kier alpha value is -1.79. The first-order valence-corrected chi connectivity index (χ1v) is 4.64. The second-order valence-corrected chi connectivity index (χ2v) is 3.50. The molecule has 6 nitrogen and oxygen atoms in total. The van der Waals surface area contributed by atoms with Crippen LogP contribution in [0.5, 0.6) is 5.75 Å². The monoisotopic (exact) mass is 226 g/mol. The number of carbonyl (C=O) groups excluding carboxylic acids is 1. The average molecular weight is 226 g/mol. The maximum atomic E-state index is 10.5. The molecule has 0 radical (unpaired) electrons. The zero-order chi connectivity index (χ0) is 12.3. The number of nitrogen functional groups attached to an aromatic ring is 1. The topological polar surface area (TPSA) is 130 Å². The van der Waals surface area contributed by atoms with Crippen molar-refractivity contribution in [2.24, 2.45) is 5.73 Å². The minimum absolute atomic E-state index is 0.167. The van der Waals surface area contributed by atoms with Crippen LogP contribution in [-0.4, -0.2) is 27.3 Å². The van der Waals surface area contributed by atoms with Crippen LogP contribution in [0.4, 0.5) is 5.69 Å². The van der Waals surface area contributed by atoms with E-state index >= 15 is 0 Å². The summed E-state index contributed by atoms with van der Waals surface area (Å²) in [5.41, 5.74) is 10.7. The number of hydrogen-bond donors (Lipinski definition) is 5. The number of anilines is 1. The Kier molecular flexibility index (Phi) is 3.70. The van der Waals surface area contributed by atoms with E-state index in [1.807, 2.05) is 0 Å². The minimum Gasteiger partial charge on any atom is -0.506 e. The highest BCUT2D eigenvalue weighted by molar-refractivity contribution is 5.74. The van der Waals surface area contributed by atoms with Crippen molar-refractivity contribution in [1.82, 2.24) is 0 Å². The summed E-state index contributed by atoms with van der Waals surface area (Å²) in [6.45, 7) is 0. The Morgan fingerprint density at radius 3 is 2.50 bits per heavy atom. The van der Waals surface area contributed by atoms with E-state index in [1.54, 1.807) is 0 Å². The summed E-state index contributed by atoms with van der Waals surface area (Å²) >= 11 is 0. The average Bonchev–Trinajstić information content (AvgIpc) is 2.20. The molecule has 16 heavy (non-hydrogen) atoms. The fraction of sp³-hybridized carbons (Fsp3) is 0.300. The number of aliphatic hydroxyl groups is 2. The van der Waals surface area contributed by atoms with Gasteiger partial charge >= 0.3 is 0 Å².